The predicted octanol–water partition coefficient (Wildman–Crippen LogP) is 12.0. The third kappa shape index (κ3) is 5.25. The normalized spacial score (nSPS) is 16.4. The van der Waals surface area contributed by atoms with Gasteiger partial charge in [-0.25, -0.2) is 4.99 Å². The maximum Gasteiger partial charge on any atom is 0.155 e. The molecule has 0 amide bonds. The van der Waals surface area contributed by atoms with Gasteiger partial charge in [0.05, 0.1) is 5.71 Å². The summed E-state index contributed by atoms with van der Waals surface area (Å²) in [6.45, 7) is 2.25. The minimum Gasteiger partial charge on any atom is -0.456 e. The van der Waals surface area contributed by atoms with Crippen molar-refractivity contribution in [2.75, 3.05) is 7.05 Å². The number of furan rings is 2. The molecule has 0 spiro atoms. The Kier molecular flexibility index (Phi) is 7.50. The molecule has 9 rings (SSSR count). The standard InChI is InChI=1S/C46H36N2O2/c1-29-19-25-39-37(27-29)38-28-34(24-26-40(38)49-39)35-15-9-17-41-43(35)44-36(16-10-18-42(44)50-41)46(47-2)48-45(32-13-7-4-8-14-32)33-22-20-31(21-23-33)30-11-5-3-6-12-30/h3,5-7,9-26,28-29H,4,8,27H2,1-2H3/b47-46-,48-45+. The minimum absolute atomic E-state index is 0.481. The van der Waals surface area contributed by atoms with Crippen molar-refractivity contribution >= 4 is 50.5 Å². The van der Waals surface area contributed by atoms with Crippen molar-refractivity contribution in [2.45, 2.75) is 26.2 Å². The van der Waals surface area contributed by atoms with E-state index in [9.17, 15) is 0 Å². The number of nitrogens with zero attached hydrogens (tertiary/aromatic N) is 2. The molecule has 1 unspecified atom stereocenters. The second-order valence-corrected chi connectivity index (χ2v) is 13.2. The summed E-state index contributed by atoms with van der Waals surface area (Å²) in [5.74, 6) is 2.12. The van der Waals surface area contributed by atoms with E-state index in [4.69, 9.17) is 18.8 Å². The van der Waals surface area contributed by atoms with Crippen molar-refractivity contribution in [3.8, 4) is 22.3 Å². The Hall–Kier alpha value is -6.00. The first-order valence-electron chi connectivity index (χ1n) is 17.4. The average Bonchev–Trinajstić information content (AvgIpc) is 3.74. The Morgan fingerprint density at radius 1 is 0.700 bits per heavy atom. The van der Waals surface area contributed by atoms with E-state index in [1.807, 2.05) is 25.2 Å². The highest BCUT2D eigenvalue weighted by atomic mass is 16.3. The summed E-state index contributed by atoms with van der Waals surface area (Å²) in [5.41, 5.74) is 12.5. The first-order chi connectivity index (χ1) is 24.6. The van der Waals surface area contributed by atoms with E-state index < -0.39 is 0 Å². The molecule has 4 nitrogen and oxygen atoms in total. The lowest BCUT2D eigenvalue weighted by molar-refractivity contribution is 0.584. The molecule has 0 aliphatic heterocycles. The number of amidine groups is 1. The molecule has 2 aliphatic carbocycles. The fourth-order valence-corrected chi connectivity index (χ4v) is 7.49. The monoisotopic (exact) mass is 648 g/mol. The van der Waals surface area contributed by atoms with Gasteiger partial charge < -0.3 is 8.83 Å². The van der Waals surface area contributed by atoms with Crippen LogP contribution in [-0.4, -0.2) is 18.6 Å². The van der Waals surface area contributed by atoms with E-state index in [2.05, 4.69) is 128 Å². The number of rotatable bonds is 5. The number of hydrogen-bond acceptors (Lipinski definition) is 3. The quantitative estimate of drug-likeness (QED) is 0.138. The van der Waals surface area contributed by atoms with Crippen molar-refractivity contribution in [1.82, 2.24) is 0 Å². The minimum atomic E-state index is 0.481. The third-order valence-corrected chi connectivity index (χ3v) is 9.96. The van der Waals surface area contributed by atoms with Gasteiger partial charge in [-0.2, -0.15) is 0 Å². The van der Waals surface area contributed by atoms with Crippen molar-refractivity contribution in [3.63, 3.8) is 0 Å². The maximum atomic E-state index is 6.53. The summed E-state index contributed by atoms with van der Waals surface area (Å²) >= 11 is 0. The molecule has 0 bridgehead atoms. The van der Waals surface area contributed by atoms with E-state index >= 15 is 0 Å². The van der Waals surface area contributed by atoms with Crippen molar-refractivity contribution < 1.29 is 8.83 Å². The van der Waals surface area contributed by atoms with Crippen molar-refractivity contribution in [3.05, 3.63) is 162 Å². The Bertz CT molecular complexity index is 2570. The zero-order valence-corrected chi connectivity index (χ0v) is 28.2. The van der Waals surface area contributed by atoms with Crippen LogP contribution >= 0.6 is 0 Å². The molecule has 50 heavy (non-hydrogen) atoms. The lowest BCUT2D eigenvalue weighted by atomic mass is 9.91. The molecule has 0 fully saturated rings. The van der Waals surface area contributed by atoms with E-state index in [1.54, 1.807) is 0 Å². The Balaban J connectivity index is 1.20. The van der Waals surface area contributed by atoms with Gasteiger partial charge in [0.15, 0.2) is 5.84 Å². The van der Waals surface area contributed by atoms with Gasteiger partial charge in [0.25, 0.3) is 0 Å². The van der Waals surface area contributed by atoms with Crippen LogP contribution < -0.4 is 0 Å². The van der Waals surface area contributed by atoms with E-state index in [0.29, 0.717) is 11.8 Å². The predicted molar refractivity (Wildman–Crippen MR) is 208 cm³/mol. The van der Waals surface area contributed by atoms with Gasteiger partial charge in [-0.05, 0) is 83.3 Å². The molecule has 0 N–H and O–H groups in total. The van der Waals surface area contributed by atoms with Crippen LogP contribution in [0.5, 0.6) is 0 Å². The number of benzene rings is 5. The SMILES string of the molecule is C/N=C(\N=C(/C1=CCCC=C1)c1ccc(-c2ccccc2)cc1)c1cccc2oc3cccc(-c4ccc5oc6c(c5c4)CC(C)C=C6)c3c12. The number of fused-ring (bicyclic) bond motifs is 6. The Labute approximate surface area is 291 Å². The highest BCUT2D eigenvalue weighted by molar-refractivity contribution is 6.26. The van der Waals surface area contributed by atoms with Crippen LogP contribution in [0.2, 0.25) is 0 Å². The molecule has 242 valence electrons. The molecule has 0 saturated heterocycles. The zero-order chi connectivity index (χ0) is 33.6. The first kappa shape index (κ1) is 30.1. The lowest BCUT2D eigenvalue weighted by Crippen LogP contribution is -2.10. The van der Waals surface area contributed by atoms with Gasteiger partial charge in [-0.15, -0.1) is 0 Å². The average molecular weight is 649 g/mol. The smallest absolute Gasteiger partial charge is 0.155 e. The molecule has 7 aromatic rings. The largest absolute Gasteiger partial charge is 0.456 e. The number of hydrogen-bond donors (Lipinski definition) is 0. The number of allylic oxidation sites excluding steroid dienone is 5. The van der Waals surface area contributed by atoms with Gasteiger partial charge in [0.1, 0.15) is 22.5 Å². The van der Waals surface area contributed by atoms with E-state index in [0.717, 1.165) is 86.1 Å². The fraction of sp³-hybridized carbons (Fsp3) is 0.130. The van der Waals surface area contributed by atoms with Crippen LogP contribution in [0.15, 0.2) is 158 Å². The van der Waals surface area contributed by atoms with Crippen LogP contribution in [0.25, 0.3) is 61.2 Å². The summed E-state index contributed by atoms with van der Waals surface area (Å²) < 4.78 is 12.8. The summed E-state index contributed by atoms with van der Waals surface area (Å²) in [6.07, 6.45) is 14.0. The van der Waals surface area contributed by atoms with Crippen LogP contribution in [0, 0.1) is 5.92 Å². The number of aliphatic imine (C=N–C) groups is 2. The molecular weight excluding hydrogens is 613 g/mol. The molecule has 0 radical (unpaired) electrons. The van der Waals surface area contributed by atoms with Gasteiger partial charge in [0, 0.05) is 39.9 Å². The maximum absolute atomic E-state index is 6.53. The van der Waals surface area contributed by atoms with Crippen molar-refractivity contribution in [1.29, 1.82) is 0 Å². The van der Waals surface area contributed by atoms with Crippen LogP contribution in [0.3, 0.4) is 0 Å². The van der Waals surface area contributed by atoms with Gasteiger partial charge >= 0.3 is 0 Å². The molecule has 2 heterocycles. The molecule has 4 heteroatoms. The Morgan fingerprint density at radius 3 is 2.28 bits per heavy atom. The molecule has 0 saturated carbocycles. The second-order valence-electron chi connectivity index (χ2n) is 13.2. The van der Waals surface area contributed by atoms with Crippen LogP contribution in [-0.2, 0) is 6.42 Å². The Morgan fingerprint density at radius 2 is 1.48 bits per heavy atom. The van der Waals surface area contributed by atoms with E-state index in [1.165, 1.54) is 22.1 Å². The topological polar surface area (TPSA) is 51.0 Å². The van der Waals surface area contributed by atoms with Gasteiger partial charge in [-0.3, -0.25) is 4.99 Å². The van der Waals surface area contributed by atoms with Crippen LogP contribution in [0.4, 0.5) is 0 Å². The van der Waals surface area contributed by atoms with Crippen LogP contribution in [0.1, 0.15) is 42.2 Å². The van der Waals surface area contributed by atoms with Crippen molar-refractivity contribution in [2.24, 2.45) is 15.9 Å². The fourth-order valence-electron chi connectivity index (χ4n) is 7.49. The highest BCUT2D eigenvalue weighted by Crippen LogP contribution is 2.41. The summed E-state index contributed by atoms with van der Waals surface area (Å²) in [5, 5.41) is 3.25. The third-order valence-electron chi connectivity index (χ3n) is 9.96. The molecular formula is C46H36N2O2. The summed E-state index contributed by atoms with van der Waals surface area (Å²) in [7, 11) is 1.83. The summed E-state index contributed by atoms with van der Waals surface area (Å²) in [6, 6.07) is 38.2. The van der Waals surface area contributed by atoms with Gasteiger partial charge in [-0.1, -0.05) is 116 Å². The molecule has 2 aliphatic rings. The molecule has 5 aromatic carbocycles. The van der Waals surface area contributed by atoms with Gasteiger partial charge in [0.2, 0.25) is 0 Å². The van der Waals surface area contributed by atoms with E-state index in [-0.39, 0.29) is 0 Å². The lowest BCUT2D eigenvalue weighted by Gasteiger charge is -2.14. The zero-order valence-electron chi connectivity index (χ0n) is 28.2. The highest BCUT2D eigenvalue weighted by Gasteiger charge is 2.22. The summed E-state index contributed by atoms with van der Waals surface area (Å²) in [4.78, 5) is 10.2. The molecule has 2 aromatic heterocycles. The first-order valence-corrected chi connectivity index (χ1v) is 17.4. The second kappa shape index (κ2) is 12.5. The molecule has 1 atom stereocenters.